The Morgan fingerprint density at radius 2 is 1.75 bits per heavy atom. The van der Waals surface area contributed by atoms with Crippen LogP contribution >= 0.6 is 39.1 Å². The van der Waals surface area contributed by atoms with Gasteiger partial charge in [-0.1, -0.05) is 39.1 Å². The van der Waals surface area contributed by atoms with Crippen molar-refractivity contribution in [3.05, 3.63) is 26.7 Å². The number of carbonyl (C=O) groups is 1. The highest BCUT2D eigenvalue weighted by Crippen LogP contribution is 2.34. The fraction of sp³-hybridized carbons (Fsp3) is 0.500. The second-order valence-corrected chi connectivity index (χ2v) is 8.94. The van der Waals surface area contributed by atoms with Crippen LogP contribution in [0.2, 0.25) is 10.0 Å². The highest BCUT2D eigenvalue weighted by Gasteiger charge is 2.32. The van der Waals surface area contributed by atoms with Gasteiger partial charge >= 0.3 is 0 Å². The Morgan fingerprint density at radius 1 is 1.21 bits per heavy atom. The molecule has 1 aliphatic heterocycles. The molecule has 1 saturated heterocycles. The van der Waals surface area contributed by atoms with Gasteiger partial charge in [0.2, 0.25) is 15.9 Å². The van der Waals surface area contributed by atoms with Crippen LogP contribution in [0.5, 0.6) is 0 Å². The van der Waals surface area contributed by atoms with Crippen molar-refractivity contribution >= 4 is 55.1 Å². The van der Waals surface area contributed by atoms with Gasteiger partial charge in [0.05, 0.1) is 16.6 Å². The van der Waals surface area contributed by atoms with Gasteiger partial charge < -0.3 is 5.32 Å². The summed E-state index contributed by atoms with van der Waals surface area (Å²) >= 11 is 15.4. The minimum absolute atomic E-state index is 0.0622. The van der Waals surface area contributed by atoms with Crippen molar-refractivity contribution in [2.24, 2.45) is 0 Å². The minimum Gasteiger partial charge on any atom is -0.355 e. The zero-order chi connectivity index (χ0) is 17.9. The van der Waals surface area contributed by atoms with Crippen LogP contribution in [0.15, 0.2) is 21.5 Å². The predicted molar refractivity (Wildman–Crippen MR) is 98.0 cm³/mol. The number of hydrogen-bond acceptors (Lipinski definition) is 4. The fourth-order valence-corrected chi connectivity index (χ4v) is 5.80. The summed E-state index contributed by atoms with van der Waals surface area (Å²) in [7, 11) is -3.78. The molecule has 2 rings (SSSR count). The van der Waals surface area contributed by atoms with E-state index in [-0.39, 0.29) is 40.5 Å². The molecule has 0 aromatic heterocycles. The van der Waals surface area contributed by atoms with Crippen LogP contribution in [0.4, 0.5) is 0 Å². The molecule has 0 radical (unpaired) electrons. The lowest BCUT2D eigenvalue weighted by Gasteiger charge is -2.33. The third-order valence-electron chi connectivity index (χ3n) is 3.63. The Labute approximate surface area is 160 Å². The monoisotopic (exact) mass is 457 g/mol. The highest BCUT2D eigenvalue weighted by molar-refractivity contribution is 9.10. The summed E-state index contributed by atoms with van der Waals surface area (Å²) in [4.78, 5) is 13.4. The molecular formula is C14H18BrCl2N3O3S. The number of likely N-dealkylation sites (N-methyl/N-ethyl adjacent to an activating group) is 1. The van der Waals surface area contributed by atoms with E-state index in [0.29, 0.717) is 24.1 Å². The van der Waals surface area contributed by atoms with E-state index in [1.165, 1.54) is 16.4 Å². The van der Waals surface area contributed by atoms with E-state index >= 15 is 0 Å². The van der Waals surface area contributed by atoms with Gasteiger partial charge in [-0.15, -0.1) is 0 Å². The third-order valence-corrected chi connectivity index (χ3v) is 6.91. The van der Waals surface area contributed by atoms with E-state index in [2.05, 4.69) is 21.2 Å². The van der Waals surface area contributed by atoms with Gasteiger partial charge in [-0.05, 0) is 19.1 Å². The molecule has 0 unspecified atom stereocenters. The lowest BCUT2D eigenvalue weighted by atomic mass is 10.3. The number of piperazine rings is 1. The van der Waals surface area contributed by atoms with Crippen molar-refractivity contribution in [3.63, 3.8) is 0 Å². The van der Waals surface area contributed by atoms with Gasteiger partial charge in [0.25, 0.3) is 0 Å². The van der Waals surface area contributed by atoms with Gasteiger partial charge in [0.1, 0.15) is 4.90 Å². The van der Waals surface area contributed by atoms with E-state index < -0.39 is 10.0 Å². The molecule has 0 aliphatic carbocycles. The van der Waals surface area contributed by atoms with Crippen LogP contribution < -0.4 is 5.32 Å². The average Bonchev–Trinajstić information content (AvgIpc) is 2.46. The first-order valence-electron chi connectivity index (χ1n) is 7.39. The minimum atomic E-state index is -3.78. The molecule has 0 atom stereocenters. The van der Waals surface area contributed by atoms with Gasteiger partial charge in [-0.25, -0.2) is 8.42 Å². The molecule has 1 aliphatic rings. The molecule has 0 spiro atoms. The van der Waals surface area contributed by atoms with Crippen LogP contribution in [0.25, 0.3) is 0 Å². The quantitative estimate of drug-likeness (QED) is 0.734. The second-order valence-electron chi connectivity index (χ2n) is 5.33. The summed E-state index contributed by atoms with van der Waals surface area (Å²) in [5.41, 5.74) is 0. The summed E-state index contributed by atoms with van der Waals surface area (Å²) < 4.78 is 27.6. The largest absolute Gasteiger partial charge is 0.355 e. The maximum Gasteiger partial charge on any atom is 0.246 e. The summed E-state index contributed by atoms with van der Waals surface area (Å²) in [6, 6.07) is 3.01. The maximum atomic E-state index is 12.8. The standard InChI is InChI=1S/C14H18BrCl2N3O3S/c1-2-18-13(21)9-19-3-5-20(6-4-19)24(22,23)14-11(16)7-10(15)8-12(14)17/h7-8H,2-6,9H2,1H3,(H,18,21). The SMILES string of the molecule is CCNC(=O)CN1CCN(S(=O)(=O)c2c(Cl)cc(Br)cc2Cl)CC1. The zero-order valence-electron chi connectivity index (χ0n) is 13.1. The second kappa shape index (κ2) is 8.33. The predicted octanol–water partition coefficient (Wildman–Crippen LogP) is 2.20. The molecule has 6 nitrogen and oxygen atoms in total. The van der Waals surface area contributed by atoms with Crippen molar-refractivity contribution in [1.29, 1.82) is 0 Å². The van der Waals surface area contributed by atoms with Crippen molar-refractivity contribution < 1.29 is 13.2 Å². The summed E-state index contributed by atoms with van der Waals surface area (Å²) in [5.74, 6) is -0.0622. The zero-order valence-corrected chi connectivity index (χ0v) is 17.0. The Kier molecular flexibility index (Phi) is 6.92. The van der Waals surface area contributed by atoms with Crippen LogP contribution in [0.1, 0.15) is 6.92 Å². The van der Waals surface area contributed by atoms with Gasteiger partial charge in [-0.2, -0.15) is 4.31 Å². The molecule has 1 heterocycles. The molecular weight excluding hydrogens is 441 g/mol. The van der Waals surface area contributed by atoms with Crippen LogP contribution in [-0.2, 0) is 14.8 Å². The average molecular weight is 459 g/mol. The summed E-state index contributed by atoms with van der Waals surface area (Å²) in [6.45, 7) is 4.21. The van der Waals surface area contributed by atoms with Crippen molar-refractivity contribution in [2.45, 2.75) is 11.8 Å². The highest BCUT2D eigenvalue weighted by atomic mass is 79.9. The van der Waals surface area contributed by atoms with Crippen LogP contribution in [0.3, 0.4) is 0 Å². The fourth-order valence-electron chi connectivity index (χ4n) is 2.49. The van der Waals surface area contributed by atoms with Gasteiger partial charge in [0.15, 0.2) is 0 Å². The maximum absolute atomic E-state index is 12.8. The smallest absolute Gasteiger partial charge is 0.246 e. The molecule has 0 bridgehead atoms. The Morgan fingerprint density at radius 3 is 2.25 bits per heavy atom. The Balaban J connectivity index is 2.10. The first-order valence-corrected chi connectivity index (χ1v) is 10.4. The Hall–Kier alpha value is -0.380. The first-order chi connectivity index (χ1) is 11.3. The molecule has 1 aromatic carbocycles. The number of benzene rings is 1. The molecule has 10 heteroatoms. The van der Waals surface area contributed by atoms with E-state index in [0.717, 1.165) is 0 Å². The number of hydrogen-bond donors (Lipinski definition) is 1. The number of sulfonamides is 1. The van der Waals surface area contributed by atoms with Gasteiger partial charge in [-0.3, -0.25) is 9.69 Å². The van der Waals surface area contributed by atoms with E-state index in [1.54, 1.807) is 0 Å². The third kappa shape index (κ3) is 4.62. The van der Waals surface area contributed by atoms with E-state index in [9.17, 15) is 13.2 Å². The van der Waals surface area contributed by atoms with E-state index in [4.69, 9.17) is 23.2 Å². The molecule has 24 heavy (non-hydrogen) atoms. The molecule has 134 valence electrons. The van der Waals surface area contributed by atoms with Gasteiger partial charge in [0, 0.05) is 37.2 Å². The molecule has 1 amide bonds. The van der Waals surface area contributed by atoms with Crippen molar-refractivity contribution in [3.8, 4) is 0 Å². The van der Waals surface area contributed by atoms with Crippen LogP contribution in [0, 0.1) is 0 Å². The van der Waals surface area contributed by atoms with Crippen molar-refractivity contribution in [1.82, 2.24) is 14.5 Å². The Bertz CT molecular complexity index is 699. The molecule has 1 aromatic rings. The number of nitrogens with one attached hydrogen (secondary N) is 1. The normalized spacial score (nSPS) is 17.0. The topological polar surface area (TPSA) is 69.7 Å². The van der Waals surface area contributed by atoms with Crippen LogP contribution in [-0.4, -0.2) is 62.8 Å². The lowest BCUT2D eigenvalue weighted by Crippen LogP contribution is -2.51. The van der Waals surface area contributed by atoms with Crippen molar-refractivity contribution in [2.75, 3.05) is 39.3 Å². The number of carbonyl (C=O) groups excluding carboxylic acids is 1. The molecule has 1 fully saturated rings. The summed E-state index contributed by atoms with van der Waals surface area (Å²) in [5, 5.41) is 2.89. The van der Waals surface area contributed by atoms with E-state index in [1.807, 2.05) is 11.8 Å². The molecule has 0 saturated carbocycles. The first kappa shape index (κ1) is 19.9. The number of halogens is 3. The number of rotatable bonds is 5. The number of nitrogens with zero attached hydrogens (tertiary/aromatic N) is 2. The number of amides is 1. The lowest BCUT2D eigenvalue weighted by molar-refractivity contribution is -0.122. The summed E-state index contributed by atoms with van der Waals surface area (Å²) in [6.07, 6.45) is 0. The molecule has 1 N–H and O–H groups in total.